The molecule has 0 bridgehead atoms. The van der Waals surface area contributed by atoms with Gasteiger partial charge in [0, 0.05) is 6.42 Å². The van der Waals surface area contributed by atoms with Crippen LogP contribution in [-0.2, 0) is 27.2 Å². The monoisotopic (exact) mass is 447 g/mol. The highest BCUT2D eigenvalue weighted by Crippen LogP contribution is 2.29. The quantitative estimate of drug-likeness (QED) is 0.192. The number of rotatable bonds is 7. The molecule has 5 N–H and O–H groups in total. The SMILES string of the molecule is CCOC(=O)CC1CCCc2cc(OCCN=C(N)N)ccc2C1.O=C(O)C(F)(F)F. The third kappa shape index (κ3) is 10.6. The molecule has 0 heterocycles. The van der Waals surface area contributed by atoms with Gasteiger partial charge >= 0.3 is 18.1 Å². The number of benzene rings is 1. The molecule has 0 fully saturated rings. The normalized spacial score (nSPS) is 15.4. The van der Waals surface area contributed by atoms with Crippen LogP contribution in [0.2, 0.25) is 0 Å². The largest absolute Gasteiger partial charge is 0.492 e. The molecule has 1 aliphatic rings. The summed E-state index contributed by atoms with van der Waals surface area (Å²) in [7, 11) is 0. The molecule has 1 aliphatic carbocycles. The summed E-state index contributed by atoms with van der Waals surface area (Å²) in [5.41, 5.74) is 13.2. The molecule has 174 valence electrons. The fourth-order valence-corrected chi connectivity index (χ4v) is 3.09. The minimum atomic E-state index is -5.08. The summed E-state index contributed by atoms with van der Waals surface area (Å²) in [6, 6.07) is 6.17. The van der Waals surface area contributed by atoms with Gasteiger partial charge in [-0.3, -0.25) is 9.79 Å². The van der Waals surface area contributed by atoms with E-state index in [1.54, 1.807) is 0 Å². The van der Waals surface area contributed by atoms with Crippen LogP contribution in [0.5, 0.6) is 5.75 Å². The Kier molecular flexibility index (Phi) is 10.6. The number of aryl methyl sites for hydroxylation is 1. The van der Waals surface area contributed by atoms with Gasteiger partial charge in [0.05, 0.1) is 13.2 Å². The number of aliphatic imine (C=N–C) groups is 1. The lowest BCUT2D eigenvalue weighted by atomic mass is 9.94. The number of ether oxygens (including phenoxy) is 2. The smallest absolute Gasteiger partial charge is 0.490 e. The number of esters is 1. The van der Waals surface area contributed by atoms with Gasteiger partial charge in [-0.05, 0) is 61.8 Å². The summed E-state index contributed by atoms with van der Waals surface area (Å²) >= 11 is 0. The van der Waals surface area contributed by atoms with Gasteiger partial charge < -0.3 is 26.0 Å². The summed E-state index contributed by atoms with van der Waals surface area (Å²) in [4.78, 5) is 24.5. The second kappa shape index (κ2) is 12.7. The zero-order valence-corrected chi connectivity index (χ0v) is 17.3. The second-order valence-corrected chi connectivity index (χ2v) is 6.86. The van der Waals surface area contributed by atoms with E-state index in [1.165, 1.54) is 11.1 Å². The summed E-state index contributed by atoms with van der Waals surface area (Å²) in [6.45, 7) is 3.18. The Balaban J connectivity index is 0.000000592. The molecule has 1 atom stereocenters. The number of guanidine groups is 1. The van der Waals surface area contributed by atoms with E-state index in [-0.39, 0.29) is 11.9 Å². The topological polar surface area (TPSA) is 137 Å². The van der Waals surface area contributed by atoms with Gasteiger partial charge in [0.15, 0.2) is 5.96 Å². The van der Waals surface area contributed by atoms with E-state index in [0.717, 1.165) is 31.4 Å². The minimum Gasteiger partial charge on any atom is -0.492 e. The van der Waals surface area contributed by atoms with E-state index in [9.17, 15) is 18.0 Å². The third-order valence-corrected chi connectivity index (χ3v) is 4.40. The summed E-state index contributed by atoms with van der Waals surface area (Å²) < 4.78 is 42.5. The van der Waals surface area contributed by atoms with Crippen LogP contribution in [-0.4, -0.2) is 48.9 Å². The van der Waals surface area contributed by atoms with Crippen molar-refractivity contribution < 1.29 is 37.3 Å². The van der Waals surface area contributed by atoms with E-state index in [4.69, 9.17) is 30.8 Å². The van der Waals surface area contributed by atoms with Crippen molar-refractivity contribution in [1.29, 1.82) is 0 Å². The van der Waals surface area contributed by atoms with Crippen molar-refractivity contribution in [2.24, 2.45) is 22.4 Å². The van der Waals surface area contributed by atoms with E-state index in [2.05, 4.69) is 17.1 Å². The van der Waals surface area contributed by atoms with E-state index in [0.29, 0.717) is 32.1 Å². The lowest BCUT2D eigenvalue weighted by molar-refractivity contribution is -0.192. The Morgan fingerprint density at radius 2 is 1.94 bits per heavy atom. The number of carbonyl (C=O) groups excluding carboxylic acids is 1. The van der Waals surface area contributed by atoms with Crippen LogP contribution in [0.25, 0.3) is 0 Å². The van der Waals surface area contributed by atoms with Crippen LogP contribution in [0, 0.1) is 5.92 Å². The Morgan fingerprint density at radius 1 is 1.26 bits per heavy atom. The van der Waals surface area contributed by atoms with Gasteiger partial charge in [-0.15, -0.1) is 0 Å². The van der Waals surface area contributed by atoms with Crippen molar-refractivity contribution in [2.75, 3.05) is 19.8 Å². The zero-order chi connectivity index (χ0) is 23.4. The predicted octanol–water partition coefficient (Wildman–Crippen LogP) is 2.42. The minimum absolute atomic E-state index is 0.0770. The van der Waals surface area contributed by atoms with Crippen LogP contribution in [0.3, 0.4) is 0 Å². The van der Waals surface area contributed by atoms with Crippen LogP contribution >= 0.6 is 0 Å². The maximum atomic E-state index is 11.7. The van der Waals surface area contributed by atoms with Crippen molar-refractivity contribution in [3.8, 4) is 5.75 Å². The average molecular weight is 447 g/mol. The van der Waals surface area contributed by atoms with E-state index in [1.807, 2.05) is 13.0 Å². The molecule has 1 aromatic rings. The van der Waals surface area contributed by atoms with Crippen LogP contribution < -0.4 is 16.2 Å². The van der Waals surface area contributed by atoms with Gasteiger partial charge in [-0.2, -0.15) is 13.2 Å². The Morgan fingerprint density at radius 3 is 2.52 bits per heavy atom. The van der Waals surface area contributed by atoms with Crippen LogP contribution in [0.15, 0.2) is 23.2 Å². The van der Waals surface area contributed by atoms with Gasteiger partial charge in [0.1, 0.15) is 12.4 Å². The van der Waals surface area contributed by atoms with Crippen molar-refractivity contribution in [3.63, 3.8) is 0 Å². The molecule has 0 aromatic heterocycles. The summed E-state index contributed by atoms with van der Waals surface area (Å²) in [6.07, 6.45) is -0.519. The van der Waals surface area contributed by atoms with Crippen molar-refractivity contribution in [2.45, 2.75) is 45.2 Å². The number of carboxylic acid groups (broad SMARTS) is 1. The zero-order valence-electron chi connectivity index (χ0n) is 17.3. The van der Waals surface area contributed by atoms with Crippen molar-refractivity contribution >= 4 is 17.9 Å². The predicted molar refractivity (Wildman–Crippen MR) is 108 cm³/mol. The van der Waals surface area contributed by atoms with Gasteiger partial charge in [-0.1, -0.05) is 6.07 Å². The lowest BCUT2D eigenvalue weighted by Gasteiger charge is -2.14. The first-order valence-corrected chi connectivity index (χ1v) is 9.78. The summed E-state index contributed by atoms with van der Waals surface area (Å²) in [5.74, 6) is -1.58. The molecule has 11 heteroatoms. The molecular weight excluding hydrogens is 419 g/mol. The first kappa shape index (κ1) is 26.1. The molecule has 0 aliphatic heterocycles. The number of nitrogens with two attached hydrogens (primary N) is 2. The van der Waals surface area contributed by atoms with E-state index < -0.39 is 12.1 Å². The number of hydrogen-bond acceptors (Lipinski definition) is 5. The first-order valence-electron chi connectivity index (χ1n) is 9.78. The molecule has 0 saturated carbocycles. The Labute approximate surface area is 178 Å². The number of carboxylic acids is 1. The van der Waals surface area contributed by atoms with Crippen molar-refractivity contribution in [3.05, 3.63) is 29.3 Å². The lowest BCUT2D eigenvalue weighted by Crippen LogP contribution is -2.23. The third-order valence-electron chi connectivity index (χ3n) is 4.40. The average Bonchev–Trinajstić information content (AvgIpc) is 2.86. The number of hydrogen-bond donors (Lipinski definition) is 3. The number of carbonyl (C=O) groups is 2. The maximum Gasteiger partial charge on any atom is 0.490 e. The van der Waals surface area contributed by atoms with Crippen LogP contribution in [0.4, 0.5) is 13.2 Å². The molecule has 8 nitrogen and oxygen atoms in total. The highest BCUT2D eigenvalue weighted by atomic mass is 19.4. The fraction of sp³-hybridized carbons (Fsp3) is 0.550. The molecule has 0 spiro atoms. The molecule has 2 rings (SSSR count). The second-order valence-electron chi connectivity index (χ2n) is 6.86. The van der Waals surface area contributed by atoms with Crippen molar-refractivity contribution in [1.82, 2.24) is 0 Å². The molecular formula is C20H28F3N3O5. The van der Waals surface area contributed by atoms with Gasteiger partial charge in [0.25, 0.3) is 0 Å². The highest BCUT2D eigenvalue weighted by Gasteiger charge is 2.38. The number of aliphatic carboxylic acids is 1. The number of alkyl halides is 3. The van der Waals surface area contributed by atoms with Gasteiger partial charge in [0.2, 0.25) is 0 Å². The highest BCUT2D eigenvalue weighted by molar-refractivity contribution is 5.75. The molecule has 0 saturated heterocycles. The molecule has 0 amide bonds. The summed E-state index contributed by atoms with van der Waals surface area (Å²) in [5, 5.41) is 7.12. The maximum absolute atomic E-state index is 11.7. The fourth-order valence-electron chi connectivity index (χ4n) is 3.09. The first-order chi connectivity index (χ1) is 14.5. The molecule has 1 aromatic carbocycles. The molecule has 0 radical (unpaired) electrons. The standard InChI is InChI=1S/C18H27N3O3.C2HF3O2/c1-2-23-17(22)11-13-4-3-5-14-12-16(7-6-15(14)10-13)24-9-8-21-18(19)20;3-2(4,5)1(6)7/h6-7,12-13H,2-5,8-11H2,1H3,(H4,19,20,21);(H,6,7). The number of fused-ring (bicyclic) bond motifs is 1. The van der Waals surface area contributed by atoms with Crippen LogP contribution in [0.1, 0.15) is 37.3 Å². The Bertz CT molecular complexity index is 765. The molecule has 1 unspecified atom stereocenters. The number of halogens is 3. The number of nitrogens with zero attached hydrogens (tertiary/aromatic N) is 1. The Hall–Kier alpha value is -2.98. The van der Waals surface area contributed by atoms with Gasteiger partial charge in [-0.25, -0.2) is 4.79 Å². The molecule has 31 heavy (non-hydrogen) atoms. The van der Waals surface area contributed by atoms with E-state index >= 15 is 0 Å².